The van der Waals surface area contributed by atoms with Gasteiger partial charge < -0.3 is 14.6 Å². The number of hydrogen-bond acceptors (Lipinski definition) is 4. The fourth-order valence-electron chi connectivity index (χ4n) is 3.08. The van der Waals surface area contributed by atoms with Crippen molar-refractivity contribution >= 4 is 5.97 Å². The summed E-state index contributed by atoms with van der Waals surface area (Å²) in [5, 5.41) is 9.46. The topological polar surface area (TPSA) is 55.8 Å². The normalized spacial score (nSPS) is 10.6. The van der Waals surface area contributed by atoms with Gasteiger partial charge in [-0.2, -0.15) is 0 Å². The fraction of sp³-hybridized carbons (Fsp3) is 0.192. The second-order valence-electron chi connectivity index (χ2n) is 7.31. The van der Waals surface area contributed by atoms with Gasteiger partial charge in [0.1, 0.15) is 24.8 Å². The number of hydrogen-bond donors (Lipinski definition) is 1. The van der Waals surface area contributed by atoms with Crippen molar-refractivity contribution in [2.45, 2.75) is 20.5 Å². The van der Waals surface area contributed by atoms with E-state index in [4.69, 9.17) is 9.47 Å². The largest absolute Gasteiger partial charge is 0.489 e. The summed E-state index contributed by atoms with van der Waals surface area (Å²) in [5.41, 5.74) is 4.73. The maximum absolute atomic E-state index is 14.9. The van der Waals surface area contributed by atoms with Crippen LogP contribution in [0.4, 0.5) is 4.39 Å². The summed E-state index contributed by atoms with van der Waals surface area (Å²) in [6, 6.07) is 18.0. The number of aryl methyl sites for hydroxylation is 1. The molecule has 3 aromatic carbocycles. The maximum Gasteiger partial charge on any atom is 0.333 e. The highest BCUT2D eigenvalue weighted by Crippen LogP contribution is 2.34. The van der Waals surface area contributed by atoms with E-state index in [1.54, 1.807) is 31.2 Å². The first kappa shape index (κ1) is 22.2. The molecule has 0 radical (unpaired) electrons. The SMILES string of the molecule is C=C(C)C(=O)OCCOc1cc(CO)ccc1-c1ccc(-c2ccc(C)cc2)c(F)c1. The van der Waals surface area contributed by atoms with E-state index in [9.17, 15) is 14.3 Å². The molecule has 0 saturated heterocycles. The van der Waals surface area contributed by atoms with E-state index in [1.807, 2.05) is 37.3 Å². The second kappa shape index (κ2) is 10.0. The lowest BCUT2D eigenvalue weighted by atomic mass is 9.98. The van der Waals surface area contributed by atoms with E-state index in [0.29, 0.717) is 33.6 Å². The summed E-state index contributed by atoms with van der Waals surface area (Å²) in [6.45, 7) is 7.10. The van der Waals surface area contributed by atoms with Crippen LogP contribution < -0.4 is 4.74 Å². The number of carbonyl (C=O) groups excluding carboxylic acids is 1. The molecular formula is C26H25FO4. The number of esters is 1. The molecule has 5 heteroatoms. The third-order valence-electron chi connectivity index (χ3n) is 4.79. The highest BCUT2D eigenvalue weighted by atomic mass is 19.1. The lowest BCUT2D eigenvalue weighted by molar-refractivity contribution is -0.139. The van der Waals surface area contributed by atoms with Crippen molar-refractivity contribution < 1.29 is 23.8 Å². The van der Waals surface area contributed by atoms with Crippen LogP contribution in [0.15, 0.2) is 72.8 Å². The lowest BCUT2D eigenvalue weighted by Crippen LogP contribution is -2.12. The van der Waals surface area contributed by atoms with E-state index >= 15 is 0 Å². The van der Waals surface area contributed by atoms with Gasteiger partial charge in [0.2, 0.25) is 0 Å². The predicted octanol–water partition coefficient (Wildman–Crippen LogP) is 5.46. The van der Waals surface area contributed by atoms with Crippen LogP contribution >= 0.6 is 0 Å². The van der Waals surface area contributed by atoms with E-state index < -0.39 is 5.97 Å². The second-order valence-corrected chi connectivity index (χ2v) is 7.31. The molecule has 0 amide bonds. The van der Waals surface area contributed by atoms with Gasteiger partial charge in [-0.1, -0.05) is 60.7 Å². The van der Waals surface area contributed by atoms with Gasteiger partial charge in [-0.05, 0) is 42.7 Å². The van der Waals surface area contributed by atoms with Gasteiger partial charge in [0.15, 0.2) is 0 Å². The summed E-state index contributed by atoms with van der Waals surface area (Å²) in [5.74, 6) is -0.351. The molecule has 31 heavy (non-hydrogen) atoms. The smallest absolute Gasteiger partial charge is 0.333 e. The summed E-state index contributed by atoms with van der Waals surface area (Å²) >= 11 is 0. The number of ether oxygens (including phenoxy) is 2. The van der Waals surface area contributed by atoms with Crippen molar-refractivity contribution in [2.75, 3.05) is 13.2 Å². The zero-order valence-corrected chi connectivity index (χ0v) is 17.7. The molecule has 0 unspecified atom stereocenters. The molecule has 0 heterocycles. The summed E-state index contributed by atoms with van der Waals surface area (Å²) in [6.07, 6.45) is 0. The van der Waals surface area contributed by atoms with Gasteiger partial charge in [0.25, 0.3) is 0 Å². The van der Waals surface area contributed by atoms with Crippen LogP contribution in [-0.2, 0) is 16.1 Å². The van der Waals surface area contributed by atoms with Crippen LogP contribution in [0.5, 0.6) is 5.75 Å². The first-order chi connectivity index (χ1) is 14.9. The highest BCUT2D eigenvalue weighted by Gasteiger charge is 2.12. The van der Waals surface area contributed by atoms with Crippen LogP contribution in [0.1, 0.15) is 18.1 Å². The van der Waals surface area contributed by atoms with Crippen molar-refractivity contribution in [3.8, 4) is 28.0 Å². The van der Waals surface area contributed by atoms with Gasteiger partial charge in [-0.3, -0.25) is 0 Å². The molecule has 3 rings (SSSR count). The van der Waals surface area contributed by atoms with Crippen molar-refractivity contribution in [2.24, 2.45) is 0 Å². The third-order valence-corrected chi connectivity index (χ3v) is 4.79. The van der Waals surface area contributed by atoms with Crippen LogP contribution in [0.2, 0.25) is 0 Å². The summed E-state index contributed by atoms with van der Waals surface area (Å²) < 4.78 is 25.8. The quantitative estimate of drug-likeness (QED) is 0.299. The van der Waals surface area contributed by atoms with Gasteiger partial charge >= 0.3 is 5.97 Å². The number of rotatable bonds is 8. The summed E-state index contributed by atoms with van der Waals surface area (Å²) in [7, 11) is 0. The monoisotopic (exact) mass is 420 g/mol. The van der Waals surface area contributed by atoms with Gasteiger partial charge in [0, 0.05) is 16.7 Å². The molecular weight excluding hydrogens is 395 g/mol. The van der Waals surface area contributed by atoms with Crippen molar-refractivity contribution in [3.05, 3.63) is 89.8 Å². The average molecular weight is 420 g/mol. The van der Waals surface area contributed by atoms with Crippen molar-refractivity contribution in [1.29, 1.82) is 0 Å². The molecule has 0 atom stereocenters. The Labute approximate surface area is 181 Å². The fourth-order valence-corrected chi connectivity index (χ4v) is 3.08. The first-order valence-electron chi connectivity index (χ1n) is 9.95. The predicted molar refractivity (Wildman–Crippen MR) is 119 cm³/mol. The first-order valence-corrected chi connectivity index (χ1v) is 9.95. The molecule has 0 aliphatic heterocycles. The molecule has 0 spiro atoms. The molecule has 1 N–H and O–H groups in total. The zero-order valence-electron chi connectivity index (χ0n) is 17.7. The van der Waals surface area contributed by atoms with E-state index in [0.717, 1.165) is 11.1 Å². The zero-order chi connectivity index (χ0) is 22.4. The molecule has 0 fully saturated rings. The van der Waals surface area contributed by atoms with Crippen molar-refractivity contribution in [3.63, 3.8) is 0 Å². The van der Waals surface area contributed by atoms with E-state index in [-0.39, 0.29) is 25.6 Å². The Bertz CT molecular complexity index is 1090. The number of aliphatic hydroxyl groups is 1. The van der Waals surface area contributed by atoms with E-state index in [1.165, 1.54) is 6.07 Å². The number of benzene rings is 3. The average Bonchev–Trinajstić information content (AvgIpc) is 2.77. The number of halogens is 1. The minimum Gasteiger partial charge on any atom is -0.489 e. The Morgan fingerprint density at radius 3 is 2.29 bits per heavy atom. The Balaban J connectivity index is 1.84. The molecule has 0 aliphatic rings. The van der Waals surface area contributed by atoms with Gasteiger partial charge in [0.05, 0.1) is 6.61 Å². The van der Waals surface area contributed by atoms with Crippen LogP contribution in [0.3, 0.4) is 0 Å². The Kier molecular flexibility index (Phi) is 7.21. The Morgan fingerprint density at radius 2 is 1.65 bits per heavy atom. The molecule has 4 nitrogen and oxygen atoms in total. The molecule has 3 aromatic rings. The minimum absolute atomic E-state index is 0.0508. The Morgan fingerprint density at radius 1 is 0.968 bits per heavy atom. The molecule has 0 saturated carbocycles. The maximum atomic E-state index is 14.9. The lowest BCUT2D eigenvalue weighted by Gasteiger charge is -2.14. The van der Waals surface area contributed by atoms with Gasteiger partial charge in [-0.25, -0.2) is 9.18 Å². The Hall–Kier alpha value is -3.44. The van der Waals surface area contributed by atoms with Crippen LogP contribution in [0.25, 0.3) is 22.3 Å². The molecule has 0 bridgehead atoms. The molecule has 160 valence electrons. The van der Waals surface area contributed by atoms with Crippen LogP contribution in [-0.4, -0.2) is 24.3 Å². The number of carbonyl (C=O) groups is 1. The standard InChI is InChI=1S/C26H25FO4/c1-17(2)26(29)31-13-12-30-25-14-19(16-28)6-10-23(25)21-9-11-22(24(27)15-21)20-7-4-18(3)5-8-20/h4-11,14-15,28H,1,12-13,16H2,2-3H3. The minimum atomic E-state index is -0.485. The van der Waals surface area contributed by atoms with E-state index in [2.05, 4.69) is 6.58 Å². The molecule has 0 aliphatic carbocycles. The highest BCUT2D eigenvalue weighted by molar-refractivity contribution is 5.86. The van der Waals surface area contributed by atoms with Gasteiger partial charge in [-0.15, -0.1) is 0 Å². The third kappa shape index (κ3) is 5.58. The van der Waals surface area contributed by atoms with Crippen molar-refractivity contribution in [1.82, 2.24) is 0 Å². The summed E-state index contributed by atoms with van der Waals surface area (Å²) in [4.78, 5) is 11.5. The molecule has 0 aromatic heterocycles. The van der Waals surface area contributed by atoms with Crippen LogP contribution in [0, 0.1) is 12.7 Å². The number of aliphatic hydroxyl groups excluding tert-OH is 1.